The van der Waals surface area contributed by atoms with Crippen LogP contribution in [0.4, 0.5) is 11.4 Å². The zero-order valence-electron chi connectivity index (χ0n) is 15.2. The molecule has 2 aromatic carbocycles. The molecule has 1 N–H and O–H groups in total. The fraction of sp³-hybridized carbons (Fsp3) is 0.278. The second kappa shape index (κ2) is 6.87. The van der Waals surface area contributed by atoms with E-state index < -0.39 is 20.0 Å². The van der Waals surface area contributed by atoms with E-state index >= 15 is 0 Å². The molecule has 2 heterocycles. The normalized spacial score (nSPS) is 19.2. The molecule has 0 radical (unpaired) electrons. The van der Waals surface area contributed by atoms with Crippen molar-refractivity contribution in [1.29, 1.82) is 0 Å². The molecular formula is C18H20N4O4S2. The second-order valence-electron chi connectivity index (χ2n) is 6.73. The van der Waals surface area contributed by atoms with Crippen molar-refractivity contribution in [2.24, 2.45) is 4.40 Å². The van der Waals surface area contributed by atoms with Crippen molar-refractivity contribution in [2.45, 2.75) is 4.90 Å². The third-order valence-corrected chi connectivity index (χ3v) is 7.47. The first-order valence-electron chi connectivity index (χ1n) is 8.76. The minimum Gasteiger partial charge on any atom is -0.369 e. The van der Waals surface area contributed by atoms with Crippen LogP contribution in [0.2, 0.25) is 0 Å². The predicted octanol–water partition coefficient (Wildman–Crippen LogP) is 1.33. The van der Waals surface area contributed by atoms with Crippen LogP contribution in [-0.2, 0) is 20.0 Å². The Morgan fingerprint density at radius 3 is 2.25 bits per heavy atom. The summed E-state index contributed by atoms with van der Waals surface area (Å²) in [4.78, 5) is 2.33. The zero-order chi connectivity index (χ0) is 19.9. The number of benzene rings is 2. The minimum atomic E-state index is -3.65. The Kier molecular flexibility index (Phi) is 4.64. The molecule has 0 amide bonds. The Hall–Kier alpha value is -2.43. The molecule has 0 atom stereocenters. The van der Waals surface area contributed by atoms with E-state index in [9.17, 15) is 16.8 Å². The van der Waals surface area contributed by atoms with Crippen molar-refractivity contribution >= 4 is 37.3 Å². The van der Waals surface area contributed by atoms with Gasteiger partial charge in [0.2, 0.25) is 10.0 Å². The Morgan fingerprint density at radius 2 is 1.61 bits per heavy atom. The molecule has 28 heavy (non-hydrogen) atoms. The molecule has 10 heteroatoms. The van der Waals surface area contributed by atoms with Gasteiger partial charge in [-0.2, -0.15) is 12.7 Å². The van der Waals surface area contributed by atoms with Crippen molar-refractivity contribution in [3.8, 4) is 0 Å². The fourth-order valence-corrected chi connectivity index (χ4v) is 5.37. The lowest BCUT2D eigenvalue weighted by Crippen LogP contribution is -2.48. The molecule has 0 saturated carbocycles. The topological polar surface area (TPSA) is 99.2 Å². The van der Waals surface area contributed by atoms with E-state index in [1.807, 2.05) is 24.3 Å². The molecule has 0 unspecified atom stereocenters. The summed E-state index contributed by atoms with van der Waals surface area (Å²) in [6, 6.07) is 14.3. The molecule has 1 saturated heterocycles. The molecule has 8 nitrogen and oxygen atoms in total. The van der Waals surface area contributed by atoms with Crippen molar-refractivity contribution in [3.05, 3.63) is 54.1 Å². The highest BCUT2D eigenvalue weighted by molar-refractivity contribution is 7.90. The van der Waals surface area contributed by atoms with Gasteiger partial charge in [-0.1, -0.05) is 12.1 Å². The van der Waals surface area contributed by atoms with Crippen LogP contribution in [-0.4, -0.2) is 59.4 Å². The largest absolute Gasteiger partial charge is 0.369 e. The van der Waals surface area contributed by atoms with Crippen LogP contribution in [0.5, 0.6) is 0 Å². The average Bonchev–Trinajstić information content (AvgIpc) is 2.92. The van der Waals surface area contributed by atoms with Gasteiger partial charge >= 0.3 is 0 Å². The Labute approximate surface area is 164 Å². The maximum atomic E-state index is 12.1. The van der Waals surface area contributed by atoms with Crippen molar-refractivity contribution in [1.82, 2.24) is 4.31 Å². The summed E-state index contributed by atoms with van der Waals surface area (Å²) >= 11 is 0. The average molecular weight is 421 g/mol. The predicted molar refractivity (Wildman–Crippen MR) is 109 cm³/mol. The zero-order valence-corrected chi connectivity index (χ0v) is 16.9. The molecule has 2 aromatic rings. The van der Waals surface area contributed by atoms with Gasteiger partial charge in [-0.05, 0) is 36.4 Å². The number of amidine groups is 1. The standard InChI is InChI=1S/C18H20N4O4S2/c1-27(23,24)22-12-10-21(11-13-22)15-8-6-14(7-9-15)19-18-16-4-2-3-5-17(16)28(25,26)20-18/h2-9H,10-13H2,1H3,(H,19,20). The number of rotatable bonds is 3. The molecule has 2 aliphatic heterocycles. The first-order valence-corrected chi connectivity index (χ1v) is 12.0. The van der Waals surface area contributed by atoms with Gasteiger partial charge in [0.25, 0.3) is 10.0 Å². The first kappa shape index (κ1) is 18.9. The maximum absolute atomic E-state index is 12.1. The molecule has 4 rings (SSSR count). The van der Waals surface area contributed by atoms with Crippen LogP contribution >= 0.6 is 0 Å². The first-order chi connectivity index (χ1) is 13.2. The SMILES string of the molecule is CS(=O)(=O)N1CCN(c2ccc(NC3=NS(=O)(=O)c4ccccc43)cc2)CC1. The molecule has 0 aromatic heterocycles. The van der Waals surface area contributed by atoms with E-state index in [1.54, 1.807) is 24.3 Å². The summed E-state index contributed by atoms with van der Waals surface area (Å²) in [5, 5.41) is 3.07. The molecule has 148 valence electrons. The number of hydrogen-bond donors (Lipinski definition) is 1. The van der Waals surface area contributed by atoms with Gasteiger partial charge in [-0.3, -0.25) is 0 Å². The number of fused-ring (bicyclic) bond motifs is 1. The minimum absolute atomic E-state index is 0.206. The van der Waals surface area contributed by atoms with E-state index in [0.717, 1.165) is 11.4 Å². The van der Waals surface area contributed by atoms with Gasteiger partial charge in [0.05, 0.1) is 6.26 Å². The molecular weight excluding hydrogens is 400 g/mol. The summed E-state index contributed by atoms with van der Waals surface area (Å²) < 4.78 is 52.8. The number of anilines is 2. The van der Waals surface area contributed by atoms with E-state index in [2.05, 4.69) is 14.6 Å². The van der Waals surface area contributed by atoms with Crippen molar-refractivity contribution in [3.63, 3.8) is 0 Å². The Morgan fingerprint density at radius 1 is 0.964 bits per heavy atom. The van der Waals surface area contributed by atoms with Gasteiger partial charge < -0.3 is 10.2 Å². The fourth-order valence-electron chi connectivity index (χ4n) is 3.37. The third kappa shape index (κ3) is 3.62. The quantitative estimate of drug-likeness (QED) is 0.804. The van der Waals surface area contributed by atoms with Gasteiger partial charge in [-0.25, -0.2) is 8.42 Å². The van der Waals surface area contributed by atoms with Gasteiger partial charge in [-0.15, -0.1) is 4.40 Å². The van der Waals surface area contributed by atoms with Crippen LogP contribution < -0.4 is 10.2 Å². The highest BCUT2D eigenvalue weighted by Crippen LogP contribution is 2.27. The van der Waals surface area contributed by atoms with Crippen LogP contribution in [0.15, 0.2) is 57.8 Å². The summed E-state index contributed by atoms with van der Waals surface area (Å²) in [6.45, 7) is 2.17. The Bertz CT molecular complexity index is 1130. The van der Waals surface area contributed by atoms with Crippen LogP contribution in [0.3, 0.4) is 0 Å². The van der Waals surface area contributed by atoms with E-state index in [-0.39, 0.29) is 4.90 Å². The third-order valence-electron chi connectivity index (χ3n) is 4.83. The lowest BCUT2D eigenvalue weighted by molar-refractivity contribution is 0.388. The maximum Gasteiger partial charge on any atom is 0.285 e. The summed E-state index contributed by atoms with van der Waals surface area (Å²) in [7, 11) is -6.81. The molecule has 0 aliphatic carbocycles. The molecule has 0 spiro atoms. The van der Waals surface area contributed by atoms with Crippen molar-refractivity contribution in [2.75, 3.05) is 42.7 Å². The van der Waals surface area contributed by atoms with Gasteiger partial charge in [0, 0.05) is 43.1 Å². The highest BCUT2D eigenvalue weighted by atomic mass is 32.2. The number of sulfonamides is 2. The number of hydrogen-bond acceptors (Lipinski definition) is 6. The summed E-state index contributed by atoms with van der Waals surface area (Å²) in [5.41, 5.74) is 2.27. The van der Waals surface area contributed by atoms with Crippen LogP contribution in [0.25, 0.3) is 0 Å². The Balaban J connectivity index is 1.47. The van der Waals surface area contributed by atoms with E-state index in [4.69, 9.17) is 0 Å². The smallest absolute Gasteiger partial charge is 0.285 e. The molecule has 0 bridgehead atoms. The number of nitrogens with zero attached hydrogens (tertiary/aromatic N) is 3. The molecule has 1 fully saturated rings. The van der Waals surface area contributed by atoms with Gasteiger partial charge in [0.1, 0.15) is 4.90 Å². The van der Waals surface area contributed by atoms with E-state index in [1.165, 1.54) is 10.6 Å². The van der Waals surface area contributed by atoms with Crippen LogP contribution in [0.1, 0.15) is 5.56 Å². The van der Waals surface area contributed by atoms with Crippen molar-refractivity contribution < 1.29 is 16.8 Å². The summed E-state index contributed by atoms with van der Waals surface area (Å²) in [5.74, 6) is 0.310. The lowest BCUT2D eigenvalue weighted by atomic mass is 10.2. The number of nitrogens with one attached hydrogen (secondary N) is 1. The second-order valence-corrected chi connectivity index (χ2v) is 10.3. The molecule has 2 aliphatic rings. The lowest BCUT2D eigenvalue weighted by Gasteiger charge is -2.34. The van der Waals surface area contributed by atoms with Crippen LogP contribution in [0, 0.1) is 0 Å². The monoisotopic (exact) mass is 420 g/mol. The van der Waals surface area contributed by atoms with Gasteiger partial charge in [0.15, 0.2) is 5.84 Å². The number of piperazine rings is 1. The van der Waals surface area contributed by atoms with E-state index in [0.29, 0.717) is 37.6 Å². The summed E-state index contributed by atoms with van der Waals surface area (Å²) in [6.07, 6.45) is 1.23. The highest BCUT2D eigenvalue weighted by Gasteiger charge is 2.28.